The van der Waals surface area contributed by atoms with Gasteiger partial charge in [-0.2, -0.15) is 13.2 Å². The molecule has 0 fully saturated rings. The minimum absolute atomic E-state index is 0.0491. The van der Waals surface area contributed by atoms with Crippen LogP contribution < -0.4 is 4.31 Å². The van der Waals surface area contributed by atoms with Crippen molar-refractivity contribution in [3.05, 3.63) is 94.3 Å². The van der Waals surface area contributed by atoms with Gasteiger partial charge in [0.2, 0.25) is 0 Å². The number of carboxylic acid groups (broad SMARTS) is 1. The van der Waals surface area contributed by atoms with Crippen LogP contribution in [0, 0.1) is 5.82 Å². The summed E-state index contributed by atoms with van der Waals surface area (Å²) in [6.07, 6.45) is -4.98. The van der Waals surface area contributed by atoms with Gasteiger partial charge in [0.05, 0.1) is 27.6 Å². The molecule has 4 rings (SSSR count). The van der Waals surface area contributed by atoms with Gasteiger partial charge in [-0.3, -0.25) is 4.31 Å². The third-order valence-corrected chi connectivity index (χ3v) is 8.66. The number of halogens is 5. The highest BCUT2D eigenvalue weighted by Gasteiger charge is 2.35. The van der Waals surface area contributed by atoms with Gasteiger partial charge in [-0.25, -0.2) is 17.6 Å². The van der Waals surface area contributed by atoms with Gasteiger partial charge in [-0.1, -0.05) is 35.9 Å². The first-order valence-electron chi connectivity index (χ1n) is 9.78. The SMILES string of the molecule is O=C(O)c1ccc(S(=O)(=O)N(Cc2ccc(F)c(C(F)(F)F)c2)c2sc3ccccc3c2Cl)cc1. The highest BCUT2D eigenvalue weighted by Crippen LogP contribution is 2.44. The molecule has 5 nitrogen and oxygen atoms in total. The van der Waals surface area contributed by atoms with E-state index in [9.17, 15) is 30.8 Å². The summed E-state index contributed by atoms with van der Waals surface area (Å²) in [7, 11) is -4.43. The van der Waals surface area contributed by atoms with Crippen LogP contribution in [0.15, 0.2) is 71.6 Å². The zero-order chi connectivity index (χ0) is 25.5. The van der Waals surface area contributed by atoms with Crippen molar-refractivity contribution in [1.82, 2.24) is 0 Å². The standard InChI is InChI=1S/C23H14ClF4NO4S2/c24-20-16-3-1-2-4-19(16)34-21(20)29(12-13-5-10-18(25)17(11-13)23(26,27)28)35(32,33)15-8-6-14(7-9-15)22(30)31/h1-11H,12H2,(H,30,31). The Morgan fingerprint density at radius 1 is 1.03 bits per heavy atom. The van der Waals surface area contributed by atoms with E-state index in [0.29, 0.717) is 22.2 Å². The molecule has 1 heterocycles. The maximum Gasteiger partial charge on any atom is 0.419 e. The molecule has 0 aliphatic carbocycles. The van der Waals surface area contributed by atoms with Crippen LogP contribution in [-0.4, -0.2) is 19.5 Å². The van der Waals surface area contributed by atoms with Crippen LogP contribution in [0.3, 0.4) is 0 Å². The Morgan fingerprint density at radius 2 is 1.69 bits per heavy atom. The zero-order valence-corrected chi connectivity index (χ0v) is 19.8. The van der Waals surface area contributed by atoms with Gasteiger partial charge in [0.1, 0.15) is 10.8 Å². The molecule has 4 aromatic rings. The van der Waals surface area contributed by atoms with E-state index in [2.05, 4.69) is 0 Å². The molecule has 0 bridgehead atoms. The molecular formula is C23H14ClF4NO4S2. The van der Waals surface area contributed by atoms with Gasteiger partial charge in [0, 0.05) is 10.1 Å². The van der Waals surface area contributed by atoms with E-state index in [4.69, 9.17) is 16.7 Å². The van der Waals surface area contributed by atoms with Crippen molar-refractivity contribution in [3.63, 3.8) is 0 Å². The summed E-state index contributed by atoms with van der Waals surface area (Å²) in [4.78, 5) is 10.8. The number of alkyl halides is 3. The maximum absolute atomic E-state index is 13.8. The molecular weight excluding hydrogens is 530 g/mol. The molecule has 0 saturated heterocycles. The van der Waals surface area contributed by atoms with Gasteiger partial charge in [0.15, 0.2) is 0 Å². The van der Waals surface area contributed by atoms with Gasteiger partial charge in [-0.05, 0) is 48.0 Å². The van der Waals surface area contributed by atoms with Crippen LogP contribution in [0.5, 0.6) is 0 Å². The summed E-state index contributed by atoms with van der Waals surface area (Å²) in [5.41, 5.74) is -1.80. The number of anilines is 1. The predicted molar refractivity (Wildman–Crippen MR) is 125 cm³/mol. The Morgan fingerprint density at radius 3 is 2.29 bits per heavy atom. The summed E-state index contributed by atoms with van der Waals surface area (Å²) >= 11 is 7.51. The highest BCUT2D eigenvalue weighted by atomic mass is 35.5. The molecule has 0 aliphatic rings. The summed E-state index contributed by atoms with van der Waals surface area (Å²) in [5, 5.41) is 9.77. The van der Waals surface area contributed by atoms with Gasteiger partial charge < -0.3 is 5.11 Å². The number of benzene rings is 3. The van der Waals surface area contributed by atoms with E-state index >= 15 is 0 Å². The van der Waals surface area contributed by atoms with Crippen molar-refractivity contribution in [2.24, 2.45) is 0 Å². The van der Waals surface area contributed by atoms with Crippen LogP contribution in [0.2, 0.25) is 5.02 Å². The minimum Gasteiger partial charge on any atom is -0.478 e. The lowest BCUT2D eigenvalue weighted by molar-refractivity contribution is -0.140. The van der Waals surface area contributed by atoms with E-state index in [1.54, 1.807) is 24.3 Å². The number of nitrogens with zero attached hydrogens (tertiary/aromatic N) is 1. The first kappa shape index (κ1) is 25.0. The summed E-state index contributed by atoms with van der Waals surface area (Å²) in [6.45, 7) is -0.584. The first-order chi connectivity index (χ1) is 16.4. The molecule has 35 heavy (non-hydrogen) atoms. The smallest absolute Gasteiger partial charge is 0.419 e. The molecule has 12 heteroatoms. The fourth-order valence-corrected chi connectivity index (χ4v) is 6.64. The number of thiophene rings is 1. The molecule has 0 saturated carbocycles. The van der Waals surface area contributed by atoms with Crippen molar-refractivity contribution < 1.29 is 35.9 Å². The van der Waals surface area contributed by atoms with Crippen molar-refractivity contribution in [2.75, 3.05) is 4.31 Å². The first-order valence-corrected chi connectivity index (χ1v) is 12.4. The van der Waals surface area contributed by atoms with E-state index in [0.717, 1.165) is 46.0 Å². The fourth-order valence-electron chi connectivity index (χ4n) is 3.38. The van der Waals surface area contributed by atoms with Crippen LogP contribution in [-0.2, 0) is 22.7 Å². The molecule has 0 spiro atoms. The molecule has 0 aliphatic heterocycles. The quantitative estimate of drug-likeness (QED) is 0.271. The molecule has 182 valence electrons. The maximum atomic E-state index is 13.8. The largest absolute Gasteiger partial charge is 0.478 e. The van der Waals surface area contributed by atoms with Crippen molar-refractivity contribution in [3.8, 4) is 0 Å². The summed E-state index contributed by atoms with van der Waals surface area (Å²) in [6, 6.07) is 13.4. The second-order valence-electron chi connectivity index (χ2n) is 7.37. The average Bonchev–Trinajstić information content (AvgIpc) is 3.13. The van der Waals surface area contributed by atoms with Crippen LogP contribution in [0.1, 0.15) is 21.5 Å². The Bertz CT molecular complexity index is 1530. The minimum atomic E-state index is -4.98. The Kier molecular flexibility index (Phi) is 6.52. The third kappa shape index (κ3) is 4.84. The Labute approximate surface area is 205 Å². The summed E-state index contributed by atoms with van der Waals surface area (Å²) < 4.78 is 82.3. The van der Waals surface area contributed by atoms with Crippen molar-refractivity contribution in [1.29, 1.82) is 0 Å². The van der Waals surface area contributed by atoms with Crippen molar-refractivity contribution in [2.45, 2.75) is 17.6 Å². The van der Waals surface area contributed by atoms with Gasteiger partial charge >= 0.3 is 12.1 Å². The lowest BCUT2D eigenvalue weighted by atomic mass is 10.1. The Balaban J connectivity index is 1.87. The Hall–Kier alpha value is -3.15. The second-order valence-corrected chi connectivity index (χ2v) is 10.6. The molecule has 0 radical (unpaired) electrons. The number of aromatic carboxylic acids is 1. The molecule has 1 aromatic heterocycles. The monoisotopic (exact) mass is 543 g/mol. The normalized spacial score (nSPS) is 12.1. The predicted octanol–water partition coefficient (Wildman–Crippen LogP) is 6.81. The highest BCUT2D eigenvalue weighted by molar-refractivity contribution is 7.93. The van der Waals surface area contributed by atoms with E-state index < -0.39 is 40.1 Å². The lowest BCUT2D eigenvalue weighted by Gasteiger charge is -2.24. The number of carboxylic acids is 1. The number of rotatable bonds is 6. The second kappa shape index (κ2) is 9.14. The number of carbonyl (C=O) groups is 1. The molecule has 0 atom stereocenters. The molecule has 3 aromatic carbocycles. The number of hydrogen-bond acceptors (Lipinski definition) is 4. The topological polar surface area (TPSA) is 74.7 Å². The molecule has 1 N–H and O–H groups in total. The van der Waals surface area contributed by atoms with Crippen LogP contribution >= 0.6 is 22.9 Å². The average molecular weight is 544 g/mol. The molecule has 0 amide bonds. The van der Waals surface area contributed by atoms with Gasteiger partial charge in [0.25, 0.3) is 10.0 Å². The fraction of sp³-hybridized carbons (Fsp3) is 0.0870. The van der Waals surface area contributed by atoms with Crippen molar-refractivity contribution >= 4 is 54.0 Å². The zero-order valence-electron chi connectivity index (χ0n) is 17.4. The summed E-state index contributed by atoms with van der Waals surface area (Å²) in [5.74, 6) is -2.75. The van der Waals surface area contributed by atoms with E-state index in [-0.39, 0.29) is 26.0 Å². The number of fused-ring (bicyclic) bond motifs is 1. The molecule has 0 unspecified atom stereocenters. The van der Waals surface area contributed by atoms with E-state index in [1.807, 2.05) is 0 Å². The number of hydrogen-bond donors (Lipinski definition) is 1. The number of sulfonamides is 1. The van der Waals surface area contributed by atoms with Crippen LogP contribution in [0.25, 0.3) is 10.1 Å². The van der Waals surface area contributed by atoms with E-state index in [1.165, 1.54) is 0 Å². The van der Waals surface area contributed by atoms with Crippen LogP contribution in [0.4, 0.5) is 22.6 Å². The lowest BCUT2D eigenvalue weighted by Crippen LogP contribution is -2.30. The third-order valence-electron chi connectivity index (χ3n) is 5.10. The van der Waals surface area contributed by atoms with Gasteiger partial charge in [-0.15, -0.1) is 11.3 Å².